The summed E-state index contributed by atoms with van der Waals surface area (Å²) in [5, 5.41) is 3.25. The van der Waals surface area contributed by atoms with Crippen LogP contribution < -0.4 is 11.1 Å². The van der Waals surface area contributed by atoms with Crippen LogP contribution in [-0.4, -0.2) is 43.0 Å². The fourth-order valence-corrected chi connectivity index (χ4v) is 3.96. The normalized spacial score (nSPS) is 29.0. The second kappa shape index (κ2) is 8.74. The van der Waals surface area contributed by atoms with Crippen molar-refractivity contribution in [1.82, 2.24) is 10.2 Å². The van der Waals surface area contributed by atoms with E-state index < -0.39 is 0 Å². The Balaban J connectivity index is 1.72. The molecule has 21 heavy (non-hydrogen) atoms. The zero-order valence-corrected chi connectivity index (χ0v) is 13.7. The molecular formula is C17H33N3O. The number of hydrogen-bond acceptors (Lipinski definition) is 3. The van der Waals surface area contributed by atoms with E-state index >= 15 is 0 Å². The van der Waals surface area contributed by atoms with E-state index in [-0.39, 0.29) is 17.9 Å². The SMILES string of the molecule is CC(CN1CCCCC1)NC(=O)C1CCCC(CCN)C1. The van der Waals surface area contributed by atoms with Gasteiger partial charge >= 0.3 is 0 Å². The maximum Gasteiger partial charge on any atom is 0.223 e. The molecular weight excluding hydrogens is 262 g/mol. The summed E-state index contributed by atoms with van der Waals surface area (Å²) in [5.41, 5.74) is 5.66. The molecule has 2 aliphatic rings. The monoisotopic (exact) mass is 295 g/mol. The highest BCUT2D eigenvalue weighted by Crippen LogP contribution is 2.31. The molecule has 0 aromatic rings. The van der Waals surface area contributed by atoms with E-state index in [9.17, 15) is 4.79 Å². The third-order valence-electron chi connectivity index (χ3n) is 5.10. The van der Waals surface area contributed by atoms with Gasteiger partial charge in [-0.05, 0) is 64.6 Å². The first kappa shape index (κ1) is 16.8. The number of nitrogens with one attached hydrogen (secondary N) is 1. The van der Waals surface area contributed by atoms with Crippen molar-refractivity contribution in [1.29, 1.82) is 0 Å². The number of carbonyl (C=O) groups excluding carboxylic acids is 1. The Kier molecular flexibility index (Phi) is 6.97. The zero-order valence-electron chi connectivity index (χ0n) is 13.7. The minimum atomic E-state index is 0.221. The smallest absolute Gasteiger partial charge is 0.223 e. The van der Waals surface area contributed by atoms with Gasteiger partial charge in [-0.1, -0.05) is 19.3 Å². The fourth-order valence-electron chi connectivity index (χ4n) is 3.96. The number of rotatable bonds is 6. The van der Waals surface area contributed by atoms with E-state index in [0.717, 1.165) is 32.4 Å². The van der Waals surface area contributed by atoms with Crippen LogP contribution in [0.15, 0.2) is 0 Å². The minimum absolute atomic E-state index is 0.221. The van der Waals surface area contributed by atoms with Crippen molar-refractivity contribution in [2.75, 3.05) is 26.2 Å². The summed E-state index contributed by atoms with van der Waals surface area (Å²) in [6.07, 6.45) is 9.60. The van der Waals surface area contributed by atoms with Gasteiger partial charge in [-0.15, -0.1) is 0 Å². The Bertz CT molecular complexity index is 313. The van der Waals surface area contributed by atoms with Crippen LogP contribution in [0.4, 0.5) is 0 Å². The summed E-state index contributed by atoms with van der Waals surface area (Å²) in [6, 6.07) is 0.269. The molecule has 1 aliphatic heterocycles. The molecule has 1 saturated heterocycles. The average molecular weight is 295 g/mol. The lowest BCUT2D eigenvalue weighted by molar-refractivity contribution is -0.127. The molecule has 3 N–H and O–H groups in total. The predicted molar refractivity (Wildman–Crippen MR) is 87.0 cm³/mol. The summed E-state index contributed by atoms with van der Waals surface area (Å²) in [4.78, 5) is 14.9. The Labute approximate surface area is 129 Å². The fraction of sp³-hybridized carbons (Fsp3) is 0.941. The number of piperidine rings is 1. The largest absolute Gasteiger partial charge is 0.352 e. The number of nitrogens with two attached hydrogens (primary N) is 1. The van der Waals surface area contributed by atoms with Gasteiger partial charge in [0.2, 0.25) is 5.91 Å². The number of nitrogens with zero attached hydrogens (tertiary/aromatic N) is 1. The second-order valence-corrected chi connectivity index (χ2v) is 7.08. The Morgan fingerprint density at radius 1 is 1.24 bits per heavy atom. The van der Waals surface area contributed by atoms with Crippen molar-refractivity contribution in [3.8, 4) is 0 Å². The lowest BCUT2D eigenvalue weighted by Gasteiger charge is -2.32. The molecule has 1 amide bonds. The quantitative estimate of drug-likeness (QED) is 0.789. The summed E-state index contributed by atoms with van der Waals surface area (Å²) in [7, 11) is 0. The number of carbonyl (C=O) groups is 1. The summed E-state index contributed by atoms with van der Waals surface area (Å²) >= 11 is 0. The summed E-state index contributed by atoms with van der Waals surface area (Å²) < 4.78 is 0. The second-order valence-electron chi connectivity index (χ2n) is 7.08. The van der Waals surface area contributed by atoms with E-state index in [1.165, 1.54) is 45.2 Å². The molecule has 4 nitrogen and oxygen atoms in total. The van der Waals surface area contributed by atoms with E-state index in [1.807, 2.05) is 0 Å². The molecule has 0 aromatic heterocycles. The summed E-state index contributed by atoms with van der Waals surface area (Å²) in [6.45, 7) is 6.30. The number of likely N-dealkylation sites (tertiary alicyclic amines) is 1. The van der Waals surface area contributed by atoms with Gasteiger partial charge < -0.3 is 16.0 Å². The van der Waals surface area contributed by atoms with Crippen LogP contribution in [0.5, 0.6) is 0 Å². The van der Waals surface area contributed by atoms with Crippen molar-refractivity contribution in [3.63, 3.8) is 0 Å². The van der Waals surface area contributed by atoms with Gasteiger partial charge in [0.1, 0.15) is 0 Å². The van der Waals surface area contributed by atoms with Crippen molar-refractivity contribution in [2.24, 2.45) is 17.6 Å². The van der Waals surface area contributed by atoms with Gasteiger partial charge in [-0.3, -0.25) is 4.79 Å². The van der Waals surface area contributed by atoms with E-state index in [4.69, 9.17) is 5.73 Å². The van der Waals surface area contributed by atoms with E-state index in [1.54, 1.807) is 0 Å². The molecule has 1 saturated carbocycles. The minimum Gasteiger partial charge on any atom is -0.352 e. The molecule has 122 valence electrons. The third kappa shape index (κ3) is 5.59. The number of hydrogen-bond donors (Lipinski definition) is 2. The first-order valence-corrected chi connectivity index (χ1v) is 8.92. The molecule has 0 bridgehead atoms. The van der Waals surface area contributed by atoms with Gasteiger partial charge in [0.25, 0.3) is 0 Å². The molecule has 3 unspecified atom stereocenters. The first-order chi connectivity index (χ1) is 10.2. The van der Waals surface area contributed by atoms with Crippen LogP contribution in [0.3, 0.4) is 0 Å². The Morgan fingerprint density at radius 2 is 2.00 bits per heavy atom. The molecule has 2 rings (SSSR count). The van der Waals surface area contributed by atoms with Crippen LogP contribution in [0.2, 0.25) is 0 Å². The molecule has 0 spiro atoms. The molecule has 2 fully saturated rings. The van der Waals surface area contributed by atoms with Crippen LogP contribution in [-0.2, 0) is 4.79 Å². The lowest BCUT2D eigenvalue weighted by atomic mass is 9.79. The Morgan fingerprint density at radius 3 is 2.71 bits per heavy atom. The highest BCUT2D eigenvalue weighted by molar-refractivity contribution is 5.79. The average Bonchev–Trinajstić information content (AvgIpc) is 2.48. The van der Waals surface area contributed by atoms with Crippen molar-refractivity contribution < 1.29 is 4.79 Å². The lowest BCUT2D eigenvalue weighted by Crippen LogP contribution is -2.46. The van der Waals surface area contributed by atoms with Crippen LogP contribution >= 0.6 is 0 Å². The highest BCUT2D eigenvalue weighted by atomic mass is 16.1. The van der Waals surface area contributed by atoms with Gasteiger partial charge in [0, 0.05) is 18.5 Å². The molecule has 4 heteroatoms. The van der Waals surface area contributed by atoms with Crippen LogP contribution in [0, 0.1) is 11.8 Å². The highest BCUT2D eigenvalue weighted by Gasteiger charge is 2.27. The zero-order chi connectivity index (χ0) is 15.1. The van der Waals surface area contributed by atoms with E-state index in [2.05, 4.69) is 17.1 Å². The maximum atomic E-state index is 12.4. The number of amides is 1. The maximum absolute atomic E-state index is 12.4. The van der Waals surface area contributed by atoms with Crippen LogP contribution in [0.1, 0.15) is 58.3 Å². The van der Waals surface area contributed by atoms with Gasteiger partial charge in [-0.2, -0.15) is 0 Å². The van der Waals surface area contributed by atoms with Crippen LogP contribution in [0.25, 0.3) is 0 Å². The molecule has 1 aliphatic carbocycles. The first-order valence-electron chi connectivity index (χ1n) is 8.92. The van der Waals surface area contributed by atoms with Crippen molar-refractivity contribution in [2.45, 2.75) is 64.3 Å². The standard InChI is InChI=1S/C17H33N3O/c1-14(13-20-10-3-2-4-11-20)19-17(21)16-7-5-6-15(12-16)8-9-18/h14-16H,2-13,18H2,1H3,(H,19,21). The van der Waals surface area contributed by atoms with Gasteiger partial charge in [0.15, 0.2) is 0 Å². The molecule has 1 heterocycles. The Hall–Kier alpha value is -0.610. The molecule has 3 atom stereocenters. The predicted octanol–water partition coefficient (Wildman–Crippen LogP) is 2.13. The third-order valence-corrected chi connectivity index (χ3v) is 5.10. The van der Waals surface area contributed by atoms with Gasteiger partial charge in [-0.25, -0.2) is 0 Å². The van der Waals surface area contributed by atoms with Gasteiger partial charge in [0.05, 0.1) is 0 Å². The van der Waals surface area contributed by atoms with Crippen molar-refractivity contribution in [3.05, 3.63) is 0 Å². The molecule has 0 radical (unpaired) electrons. The molecule has 0 aromatic carbocycles. The van der Waals surface area contributed by atoms with Crippen molar-refractivity contribution >= 4 is 5.91 Å². The van der Waals surface area contributed by atoms with E-state index in [0.29, 0.717) is 5.92 Å². The summed E-state index contributed by atoms with van der Waals surface area (Å²) in [5.74, 6) is 1.16. The topological polar surface area (TPSA) is 58.4 Å².